The first-order chi connectivity index (χ1) is 34.5. The van der Waals surface area contributed by atoms with Crippen LogP contribution in [-0.2, 0) is 28.6 Å². The van der Waals surface area contributed by atoms with E-state index in [0.29, 0.717) is 19.3 Å². The molecule has 0 aromatic rings. The number of unbranched alkanes of at least 4 members (excludes halogenated alkanes) is 40. The highest BCUT2D eigenvalue weighted by molar-refractivity contribution is 5.71. The van der Waals surface area contributed by atoms with Gasteiger partial charge in [-0.2, -0.15) is 0 Å². The number of esters is 3. The maximum Gasteiger partial charge on any atom is 0.306 e. The minimum Gasteiger partial charge on any atom is -0.462 e. The van der Waals surface area contributed by atoms with Crippen LogP contribution in [0.2, 0.25) is 0 Å². The zero-order valence-corrected chi connectivity index (χ0v) is 47.1. The van der Waals surface area contributed by atoms with Crippen LogP contribution in [-0.4, -0.2) is 37.2 Å². The number of hydrogen-bond acceptors (Lipinski definition) is 6. The lowest BCUT2D eigenvalue weighted by atomic mass is 10.0. The van der Waals surface area contributed by atoms with Gasteiger partial charge in [0, 0.05) is 19.3 Å². The van der Waals surface area contributed by atoms with Crippen molar-refractivity contribution in [1.29, 1.82) is 0 Å². The molecule has 0 aliphatic rings. The van der Waals surface area contributed by atoms with Crippen LogP contribution < -0.4 is 0 Å². The topological polar surface area (TPSA) is 78.9 Å². The van der Waals surface area contributed by atoms with Gasteiger partial charge in [-0.25, -0.2) is 0 Å². The van der Waals surface area contributed by atoms with Gasteiger partial charge < -0.3 is 14.2 Å². The Kier molecular flexibility index (Phi) is 57.2. The third-order valence-corrected chi connectivity index (χ3v) is 13.9. The fourth-order valence-electron chi connectivity index (χ4n) is 9.16. The molecule has 0 saturated carbocycles. The lowest BCUT2D eigenvalue weighted by Gasteiger charge is -2.18. The summed E-state index contributed by atoms with van der Waals surface area (Å²) in [5, 5.41) is 0. The first-order valence-electron chi connectivity index (χ1n) is 31.0. The molecule has 0 bridgehead atoms. The predicted molar refractivity (Wildman–Crippen MR) is 302 cm³/mol. The number of carbonyl (C=O) groups excluding carboxylic acids is 3. The highest BCUT2D eigenvalue weighted by atomic mass is 16.6. The number of ether oxygens (including phenoxy) is 3. The molecule has 0 spiro atoms. The fraction of sp³-hybridized carbons (Fsp3) is 0.859. The van der Waals surface area contributed by atoms with Gasteiger partial charge in [0.25, 0.3) is 0 Å². The van der Waals surface area contributed by atoms with E-state index in [-0.39, 0.29) is 31.1 Å². The maximum atomic E-state index is 12.7. The van der Waals surface area contributed by atoms with Crippen LogP contribution in [0.1, 0.15) is 335 Å². The van der Waals surface area contributed by atoms with Gasteiger partial charge in [-0.15, -0.1) is 0 Å². The zero-order valence-electron chi connectivity index (χ0n) is 47.1. The van der Waals surface area contributed by atoms with E-state index in [0.717, 1.165) is 70.6 Å². The molecule has 0 rings (SSSR count). The van der Waals surface area contributed by atoms with E-state index < -0.39 is 6.10 Å². The number of carbonyl (C=O) groups is 3. The van der Waals surface area contributed by atoms with Crippen molar-refractivity contribution < 1.29 is 28.6 Å². The maximum absolute atomic E-state index is 12.7. The molecule has 0 amide bonds. The molecule has 0 heterocycles. The summed E-state index contributed by atoms with van der Waals surface area (Å²) in [6.45, 7) is 6.55. The van der Waals surface area contributed by atoms with Crippen molar-refractivity contribution in [3.63, 3.8) is 0 Å². The molecule has 70 heavy (non-hydrogen) atoms. The zero-order chi connectivity index (χ0) is 50.7. The van der Waals surface area contributed by atoms with Gasteiger partial charge in [0.1, 0.15) is 13.2 Å². The number of allylic oxidation sites excluding steroid dienone is 6. The smallest absolute Gasteiger partial charge is 0.306 e. The van der Waals surface area contributed by atoms with Crippen LogP contribution in [0.3, 0.4) is 0 Å². The normalized spacial score (nSPS) is 12.2. The van der Waals surface area contributed by atoms with Crippen molar-refractivity contribution >= 4 is 17.9 Å². The van der Waals surface area contributed by atoms with Crippen LogP contribution >= 0.6 is 0 Å². The van der Waals surface area contributed by atoms with Gasteiger partial charge in [0.05, 0.1) is 0 Å². The Bertz CT molecular complexity index is 1170. The van der Waals surface area contributed by atoms with Gasteiger partial charge in [-0.1, -0.05) is 282 Å². The highest BCUT2D eigenvalue weighted by Crippen LogP contribution is 2.17. The average molecular weight is 984 g/mol. The fourth-order valence-corrected chi connectivity index (χ4v) is 9.16. The van der Waals surface area contributed by atoms with Crippen LogP contribution in [0.25, 0.3) is 0 Å². The van der Waals surface area contributed by atoms with Crippen LogP contribution in [0.4, 0.5) is 0 Å². The highest BCUT2D eigenvalue weighted by Gasteiger charge is 2.19. The van der Waals surface area contributed by atoms with E-state index in [1.54, 1.807) is 0 Å². The summed E-state index contributed by atoms with van der Waals surface area (Å²) in [5.41, 5.74) is 0. The molecular weight excluding hydrogens is 865 g/mol. The van der Waals surface area contributed by atoms with Gasteiger partial charge in [-0.05, 0) is 70.6 Å². The molecule has 1 unspecified atom stereocenters. The summed E-state index contributed by atoms with van der Waals surface area (Å²) < 4.78 is 16.7. The van der Waals surface area contributed by atoms with Crippen molar-refractivity contribution in [2.75, 3.05) is 13.2 Å². The monoisotopic (exact) mass is 983 g/mol. The Morgan fingerprint density at radius 1 is 0.286 bits per heavy atom. The van der Waals surface area contributed by atoms with E-state index in [4.69, 9.17) is 14.2 Å². The molecule has 6 heteroatoms. The lowest BCUT2D eigenvalue weighted by Crippen LogP contribution is -2.30. The van der Waals surface area contributed by atoms with Gasteiger partial charge >= 0.3 is 17.9 Å². The molecule has 0 aromatic heterocycles. The summed E-state index contributed by atoms with van der Waals surface area (Å²) in [7, 11) is 0. The minimum atomic E-state index is -0.768. The van der Waals surface area contributed by atoms with Crippen LogP contribution in [0.15, 0.2) is 36.5 Å². The second-order valence-electron chi connectivity index (χ2n) is 21.0. The second kappa shape index (κ2) is 59.2. The minimum absolute atomic E-state index is 0.0712. The molecule has 0 aliphatic heterocycles. The SMILES string of the molecule is CCCC/C=C\CCCCCCCC(=O)OC(COC(=O)CCCCCCCC)COC(=O)CCCCCCCCCCCCCCCCCCCCCCCCC/C=C\C/C=C\CCCCCCC. The van der Waals surface area contributed by atoms with Crippen molar-refractivity contribution in [2.24, 2.45) is 0 Å². The van der Waals surface area contributed by atoms with Crippen LogP contribution in [0, 0.1) is 0 Å². The Labute approximate surface area is 435 Å². The van der Waals surface area contributed by atoms with E-state index in [9.17, 15) is 14.4 Å². The molecule has 0 aromatic carbocycles. The van der Waals surface area contributed by atoms with Crippen LogP contribution in [0.5, 0.6) is 0 Å². The van der Waals surface area contributed by atoms with E-state index in [1.165, 1.54) is 225 Å². The van der Waals surface area contributed by atoms with E-state index >= 15 is 0 Å². The van der Waals surface area contributed by atoms with Crippen molar-refractivity contribution in [2.45, 2.75) is 341 Å². The van der Waals surface area contributed by atoms with Crippen molar-refractivity contribution in [3.05, 3.63) is 36.5 Å². The predicted octanol–water partition coefficient (Wildman–Crippen LogP) is 20.8. The average Bonchev–Trinajstić information content (AvgIpc) is 3.36. The summed E-state index contributed by atoms with van der Waals surface area (Å²) in [5.74, 6) is -0.877. The Morgan fingerprint density at radius 3 is 0.843 bits per heavy atom. The third kappa shape index (κ3) is 56.5. The molecule has 0 fully saturated rings. The summed E-state index contributed by atoms with van der Waals surface area (Å²) in [6.07, 6.45) is 72.2. The van der Waals surface area contributed by atoms with Crippen molar-refractivity contribution in [1.82, 2.24) is 0 Å². The molecule has 0 aliphatic carbocycles. The quantitative estimate of drug-likeness (QED) is 0.0261. The Hall–Kier alpha value is -2.37. The molecular formula is C64H118O6. The molecule has 6 nitrogen and oxygen atoms in total. The first kappa shape index (κ1) is 67.6. The molecule has 0 radical (unpaired) electrons. The standard InChI is InChI=1S/C64H118O6/c1-4-7-10-13-16-18-20-21-22-23-24-25-26-27-28-29-30-31-32-33-34-35-36-37-38-39-40-41-42-43-45-46-48-51-54-57-63(66)69-60-61(59-68-62(65)56-53-50-15-12-9-6-3)70-64(67)58-55-52-49-47-44-19-17-14-11-8-5-2/h14,17,20-21,23-24,61H,4-13,15-16,18-19,22,25-60H2,1-3H3/b17-14-,21-20-,24-23-. The molecule has 0 N–H and O–H groups in total. The second-order valence-corrected chi connectivity index (χ2v) is 21.0. The van der Waals surface area contributed by atoms with E-state index in [2.05, 4.69) is 57.2 Å². The molecule has 0 saturated heterocycles. The largest absolute Gasteiger partial charge is 0.462 e. The third-order valence-electron chi connectivity index (χ3n) is 13.9. The van der Waals surface area contributed by atoms with E-state index in [1.807, 2.05) is 0 Å². The van der Waals surface area contributed by atoms with Gasteiger partial charge in [0.15, 0.2) is 6.10 Å². The Balaban J connectivity index is 3.83. The van der Waals surface area contributed by atoms with Crippen molar-refractivity contribution in [3.8, 4) is 0 Å². The molecule has 410 valence electrons. The summed E-state index contributed by atoms with van der Waals surface area (Å²) in [6, 6.07) is 0. The number of hydrogen-bond donors (Lipinski definition) is 0. The Morgan fingerprint density at radius 2 is 0.529 bits per heavy atom. The summed E-state index contributed by atoms with van der Waals surface area (Å²) in [4.78, 5) is 37.8. The molecule has 1 atom stereocenters. The lowest BCUT2D eigenvalue weighted by molar-refractivity contribution is -0.167. The van der Waals surface area contributed by atoms with Gasteiger partial charge in [0.2, 0.25) is 0 Å². The first-order valence-corrected chi connectivity index (χ1v) is 31.0. The summed E-state index contributed by atoms with van der Waals surface area (Å²) >= 11 is 0. The van der Waals surface area contributed by atoms with Gasteiger partial charge in [-0.3, -0.25) is 14.4 Å². The number of rotatable bonds is 57.